The highest BCUT2D eigenvalue weighted by molar-refractivity contribution is 7.92. The van der Waals surface area contributed by atoms with E-state index in [-0.39, 0.29) is 4.90 Å². The Hall–Kier alpha value is -1.94. The van der Waals surface area contributed by atoms with Crippen LogP contribution in [0.3, 0.4) is 0 Å². The minimum atomic E-state index is -3.81. The molecule has 1 aliphatic carbocycles. The molecule has 0 saturated heterocycles. The molecule has 1 fully saturated rings. The predicted molar refractivity (Wildman–Crippen MR) is 84.1 cm³/mol. The van der Waals surface area contributed by atoms with Gasteiger partial charge in [-0.05, 0) is 42.0 Å². The quantitative estimate of drug-likeness (QED) is 0.922. The van der Waals surface area contributed by atoms with Gasteiger partial charge < -0.3 is 5.73 Å². The van der Waals surface area contributed by atoms with Crippen LogP contribution in [0, 0.1) is 17.1 Å². The average Bonchev–Trinajstić information content (AvgIpc) is 3.16. The lowest BCUT2D eigenvalue weighted by Gasteiger charge is -2.04. The Morgan fingerprint density at radius 3 is 2.22 bits per heavy atom. The van der Waals surface area contributed by atoms with Crippen molar-refractivity contribution in [2.75, 3.05) is 0 Å². The monoisotopic (exact) mass is 350 g/mol. The van der Waals surface area contributed by atoms with Gasteiger partial charge in [0.1, 0.15) is 16.6 Å². The van der Waals surface area contributed by atoms with E-state index in [9.17, 15) is 18.1 Å². The molecule has 0 spiro atoms. The highest BCUT2D eigenvalue weighted by Crippen LogP contribution is 2.55. The molecule has 7 heteroatoms. The Bertz CT molecular complexity index is 891. The molecule has 3 rings (SSSR count). The van der Waals surface area contributed by atoms with Crippen molar-refractivity contribution in [3.63, 3.8) is 0 Å². The number of hydrogen-bond acceptors (Lipinski definition) is 4. The van der Waals surface area contributed by atoms with E-state index < -0.39 is 32.4 Å². The van der Waals surface area contributed by atoms with Gasteiger partial charge in [-0.1, -0.05) is 23.7 Å². The zero-order chi connectivity index (χ0) is 16.8. The molecular weight excluding hydrogens is 339 g/mol. The molecule has 2 aromatic carbocycles. The first kappa shape index (κ1) is 15.9. The topological polar surface area (TPSA) is 83.9 Å². The summed E-state index contributed by atoms with van der Waals surface area (Å²) in [6.45, 7) is 0. The lowest BCUT2D eigenvalue weighted by atomic mass is 10.1. The number of hydrogen-bond donors (Lipinski definition) is 1. The van der Waals surface area contributed by atoms with Gasteiger partial charge in [-0.15, -0.1) is 0 Å². The smallest absolute Gasteiger partial charge is 0.184 e. The zero-order valence-corrected chi connectivity index (χ0v) is 13.4. The molecule has 0 unspecified atom stereocenters. The molecule has 4 nitrogen and oxygen atoms in total. The summed E-state index contributed by atoms with van der Waals surface area (Å²) in [6.07, 6.45) is 0. The van der Waals surface area contributed by atoms with E-state index >= 15 is 0 Å². The largest absolute Gasteiger partial charge is 0.312 e. The number of sulfone groups is 1. The second-order valence-electron chi connectivity index (χ2n) is 5.49. The summed E-state index contributed by atoms with van der Waals surface area (Å²) in [7, 11) is -3.81. The second kappa shape index (κ2) is 5.31. The Kier molecular flexibility index (Phi) is 3.68. The molecule has 118 valence electrons. The van der Waals surface area contributed by atoms with E-state index in [1.807, 2.05) is 6.07 Å². The normalized spacial score (nSPS) is 26.5. The molecule has 2 N–H and O–H groups in total. The maximum Gasteiger partial charge on any atom is 0.184 e. The third-order valence-electron chi connectivity index (χ3n) is 4.08. The molecule has 0 heterocycles. The highest BCUT2D eigenvalue weighted by Gasteiger charge is 2.70. The lowest BCUT2D eigenvalue weighted by molar-refractivity contribution is 0.592. The third-order valence-corrected chi connectivity index (χ3v) is 6.59. The van der Waals surface area contributed by atoms with Crippen LogP contribution in [0.2, 0.25) is 5.02 Å². The van der Waals surface area contributed by atoms with Crippen LogP contribution in [-0.4, -0.2) is 19.2 Å². The fourth-order valence-electron chi connectivity index (χ4n) is 2.83. The van der Waals surface area contributed by atoms with Crippen molar-refractivity contribution in [1.29, 1.82) is 5.26 Å². The minimum absolute atomic E-state index is 0.0570. The molecule has 0 amide bonds. The molecule has 0 aliphatic heterocycles. The summed E-state index contributed by atoms with van der Waals surface area (Å²) in [5.74, 6) is -1.14. The van der Waals surface area contributed by atoms with Crippen LogP contribution >= 0.6 is 11.6 Å². The Labute approximate surface area is 138 Å². The van der Waals surface area contributed by atoms with Crippen LogP contribution in [0.4, 0.5) is 4.39 Å². The predicted octanol–water partition coefficient (Wildman–Crippen LogP) is 2.64. The average molecular weight is 351 g/mol. The zero-order valence-electron chi connectivity index (χ0n) is 11.8. The van der Waals surface area contributed by atoms with Gasteiger partial charge in [0.05, 0.1) is 11.0 Å². The summed E-state index contributed by atoms with van der Waals surface area (Å²) in [4.78, 5) is 0.0570. The van der Waals surface area contributed by atoms with Gasteiger partial charge >= 0.3 is 0 Å². The summed E-state index contributed by atoms with van der Waals surface area (Å²) in [5, 5.41) is 8.68. The highest BCUT2D eigenvalue weighted by atomic mass is 35.5. The molecule has 23 heavy (non-hydrogen) atoms. The first-order chi connectivity index (χ1) is 10.8. The molecule has 0 radical (unpaired) electrons. The standard InChI is InChI=1S/C16H12ClFN2O2S/c17-11-3-7-13(8-4-11)23(21,22)15-14(16(15,20)9-19)10-1-5-12(18)6-2-10/h1-8,14-15H,20H2/t14-,15+,16-/m1/s1. The number of halogens is 2. The van der Waals surface area contributed by atoms with Crippen LogP contribution < -0.4 is 5.73 Å². The van der Waals surface area contributed by atoms with E-state index in [0.29, 0.717) is 10.6 Å². The Balaban J connectivity index is 2.03. The van der Waals surface area contributed by atoms with E-state index in [1.54, 1.807) is 0 Å². The van der Waals surface area contributed by atoms with Crippen LogP contribution in [-0.2, 0) is 9.84 Å². The Morgan fingerprint density at radius 1 is 1.13 bits per heavy atom. The first-order valence-corrected chi connectivity index (χ1v) is 8.68. The lowest BCUT2D eigenvalue weighted by Crippen LogP contribution is -2.29. The van der Waals surface area contributed by atoms with Crippen molar-refractivity contribution in [1.82, 2.24) is 0 Å². The fraction of sp³-hybridized carbons (Fsp3) is 0.188. The van der Waals surface area contributed by atoms with E-state index in [0.717, 1.165) is 0 Å². The van der Waals surface area contributed by atoms with Crippen molar-refractivity contribution in [3.8, 4) is 6.07 Å². The van der Waals surface area contributed by atoms with E-state index in [1.165, 1.54) is 48.5 Å². The molecular formula is C16H12ClFN2O2S. The molecule has 0 bridgehead atoms. The summed E-state index contributed by atoms with van der Waals surface area (Å²) in [5.41, 5.74) is 4.99. The van der Waals surface area contributed by atoms with Crippen LogP contribution in [0.25, 0.3) is 0 Å². The van der Waals surface area contributed by atoms with Crippen LogP contribution in [0.15, 0.2) is 53.4 Å². The van der Waals surface area contributed by atoms with Gasteiger partial charge in [-0.3, -0.25) is 0 Å². The van der Waals surface area contributed by atoms with E-state index in [4.69, 9.17) is 17.3 Å². The van der Waals surface area contributed by atoms with Crippen molar-refractivity contribution in [3.05, 3.63) is 64.9 Å². The van der Waals surface area contributed by atoms with Crippen LogP contribution in [0.1, 0.15) is 11.5 Å². The third kappa shape index (κ3) is 2.51. The maximum atomic E-state index is 13.1. The number of nitrogens with two attached hydrogens (primary N) is 1. The fourth-order valence-corrected chi connectivity index (χ4v) is 5.14. The summed E-state index contributed by atoms with van der Waals surface area (Å²) < 4.78 is 38.6. The van der Waals surface area contributed by atoms with Gasteiger partial charge in [0.15, 0.2) is 9.84 Å². The van der Waals surface area contributed by atoms with Crippen molar-refractivity contribution >= 4 is 21.4 Å². The number of nitriles is 1. The van der Waals surface area contributed by atoms with Gasteiger partial charge in [-0.2, -0.15) is 5.26 Å². The van der Waals surface area contributed by atoms with Gasteiger partial charge in [0, 0.05) is 10.9 Å². The maximum absolute atomic E-state index is 13.1. The van der Waals surface area contributed by atoms with Gasteiger partial charge in [-0.25, -0.2) is 12.8 Å². The van der Waals surface area contributed by atoms with Crippen molar-refractivity contribution < 1.29 is 12.8 Å². The summed E-state index contributed by atoms with van der Waals surface area (Å²) >= 11 is 5.77. The molecule has 2 aromatic rings. The van der Waals surface area contributed by atoms with Crippen molar-refractivity contribution in [2.45, 2.75) is 21.6 Å². The van der Waals surface area contributed by atoms with Gasteiger partial charge in [0.2, 0.25) is 0 Å². The molecule has 0 aromatic heterocycles. The SMILES string of the molecule is N#C[C@@]1(N)[C@H](c2ccc(F)cc2)[C@@H]1S(=O)(=O)c1ccc(Cl)cc1. The Morgan fingerprint density at radius 2 is 1.70 bits per heavy atom. The second-order valence-corrected chi connectivity index (χ2v) is 8.00. The molecule has 3 atom stereocenters. The number of benzene rings is 2. The van der Waals surface area contributed by atoms with Gasteiger partial charge in [0.25, 0.3) is 0 Å². The number of rotatable bonds is 3. The molecule has 1 saturated carbocycles. The van der Waals surface area contributed by atoms with Crippen LogP contribution in [0.5, 0.6) is 0 Å². The van der Waals surface area contributed by atoms with Crippen molar-refractivity contribution in [2.24, 2.45) is 5.73 Å². The first-order valence-electron chi connectivity index (χ1n) is 6.76. The number of nitrogens with zero attached hydrogens (tertiary/aromatic N) is 1. The van der Waals surface area contributed by atoms with E-state index in [2.05, 4.69) is 0 Å². The summed E-state index contributed by atoms with van der Waals surface area (Å²) in [6, 6.07) is 12.9. The minimum Gasteiger partial charge on any atom is -0.312 e. The molecule has 1 aliphatic rings.